The van der Waals surface area contributed by atoms with E-state index in [0.29, 0.717) is 25.1 Å². The number of ether oxygens (including phenoxy) is 1. The van der Waals surface area contributed by atoms with Gasteiger partial charge in [-0.15, -0.1) is 0 Å². The first kappa shape index (κ1) is 21.7. The molecular formula is C26H27N3O3. The minimum absolute atomic E-state index is 0.0905. The van der Waals surface area contributed by atoms with Gasteiger partial charge in [0, 0.05) is 45.0 Å². The molecule has 0 spiro atoms. The zero-order valence-electron chi connectivity index (χ0n) is 18.4. The Balaban J connectivity index is 1.70. The number of likely N-dealkylation sites (N-methyl/N-ethyl adjacent to an activating group) is 1. The fraction of sp³-hybridized carbons (Fsp3) is 0.269. The Hall–Kier alpha value is -3.51. The van der Waals surface area contributed by atoms with Crippen molar-refractivity contribution in [3.05, 3.63) is 90.3 Å². The van der Waals surface area contributed by atoms with E-state index in [9.17, 15) is 9.59 Å². The van der Waals surface area contributed by atoms with Gasteiger partial charge in [-0.05, 0) is 41.0 Å². The molecule has 6 heteroatoms. The van der Waals surface area contributed by atoms with Gasteiger partial charge in [0.1, 0.15) is 0 Å². The molecule has 1 fully saturated rings. The van der Waals surface area contributed by atoms with Crippen molar-refractivity contribution >= 4 is 11.8 Å². The zero-order valence-corrected chi connectivity index (χ0v) is 18.4. The molecule has 32 heavy (non-hydrogen) atoms. The van der Waals surface area contributed by atoms with Crippen LogP contribution in [0.25, 0.3) is 11.1 Å². The van der Waals surface area contributed by atoms with Crippen LogP contribution in [0, 0.1) is 0 Å². The van der Waals surface area contributed by atoms with Gasteiger partial charge in [-0.3, -0.25) is 14.6 Å². The van der Waals surface area contributed by atoms with Gasteiger partial charge < -0.3 is 14.5 Å². The van der Waals surface area contributed by atoms with Crippen LogP contribution in [-0.2, 0) is 16.0 Å². The summed E-state index contributed by atoms with van der Waals surface area (Å²) in [6.07, 6.45) is 3.87. The van der Waals surface area contributed by atoms with E-state index in [1.165, 1.54) is 0 Å². The molecule has 2 heterocycles. The number of amides is 2. The minimum Gasteiger partial charge on any atom is -0.361 e. The van der Waals surface area contributed by atoms with Gasteiger partial charge in [0.25, 0.3) is 11.8 Å². The van der Waals surface area contributed by atoms with Crippen molar-refractivity contribution < 1.29 is 14.3 Å². The molecule has 1 aromatic heterocycles. The third kappa shape index (κ3) is 4.41. The van der Waals surface area contributed by atoms with Crippen molar-refractivity contribution in [3.63, 3.8) is 0 Å². The molecule has 4 rings (SSSR count). The summed E-state index contributed by atoms with van der Waals surface area (Å²) in [7, 11) is 3.44. The van der Waals surface area contributed by atoms with Crippen LogP contribution in [0.15, 0.2) is 79.1 Å². The lowest BCUT2D eigenvalue weighted by atomic mass is 9.87. The predicted octanol–water partition coefficient (Wildman–Crippen LogP) is 3.29. The van der Waals surface area contributed by atoms with Gasteiger partial charge in [-0.2, -0.15) is 0 Å². The number of nitrogens with zero attached hydrogens (tertiary/aromatic N) is 3. The van der Waals surface area contributed by atoms with Crippen LogP contribution in [0.1, 0.15) is 15.9 Å². The highest BCUT2D eigenvalue weighted by molar-refractivity contribution is 5.95. The van der Waals surface area contributed by atoms with Gasteiger partial charge in [0.05, 0.1) is 13.2 Å². The summed E-state index contributed by atoms with van der Waals surface area (Å²) < 4.78 is 6.20. The molecule has 0 N–H and O–H groups in total. The second-order valence-electron chi connectivity index (χ2n) is 8.20. The maximum atomic E-state index is 13.4. The molecular weight excluding hydrogens is 402 g/mol. The van der Waals surface area contributed by atoms with Crippen molar-refractivity contribution in [1.82, 2.24) is 14.8 Å². The molecule has 0 radical (unpaired) electrons. The summed E-state index contributed by atoms with van der Waals surface area (Å²) >= 11 is 0. The SMILES string of the molecule is CN(C)C(=O)[C@@]1(Cc2ccccc2-c2ccncc2)CN(C(=O)c2ccccc2)CCO1. The number of pyridine rings is 1. The summed E-state index contributed by atoms with van der Waals surface area (Å²) in [5, 5.41) is 0. The molecule has 3 aromatic rings. The lowest BCUT2D eigenvalue weighted by molar-refractivity contribution is -0.165. The summed E-state index contributed by atoms with van der Waals surface area (Å²) in [4.78, 5) is 34.0. The van der Waals surface area contributed by atoms with Crippen molar-refractivity contribution in [2.75, 3.05) is 33.8 Å². The quantitative estimate of drug-likeness (QED) is 0.624. The van der Waals surface area contributed by atoms with E-state index in [0.717, 1.165) is 16.7 Å². The second-order valence-corrected chi connectivity index (χ2v) is 8.20. The maximum Gasteiger partial charge on any atom is 0.256 e. The molecule has 6 nitrogen and oxygen atoms in total. The Morgan fingerprint density at radius 3 is 2.41 bits per heavy atom. The fourth-order valence-electron chi connectivity index (χ4n) is 4.24. The van der Waals surface area contributed by atoms with Crippen molar-refractivity contribution in [2.24, 2.45) is 0 Å². The van der Waals surface area contributed by atoms with Gasteiger partial charge in [-0.25, -0.2) is 0 Å². The fourth-order valence-corrected chi connectivity index (χ4v) is 4.24. The number of hydrogen-bond donors (Lipinski definition) is 0. The molecule has 164 valence electrons. The van der Waals surface area contributed by atoms with Gasteiger partial charge in [-0.1, -0.05) is 42.5 Å². The standard InChI is InChI=1S/C26H27N3O3/c1-28(2)25(31)26(18-22-10-6-7-11-23(22)20-12-14-27-15-13-20)19-29(16-17-32-26)24(30)21-8-4-3-5-9-21/h3-15H,16-19H2,1-2H3/t26-/m1/s1. The molecule has 1 saturated heterocycles. The molecule has 0 aliphatic carbocycles. The molecule has 1 aliphatic heterocycles. The van der Waals surface area contributed by atoms with Gasteiger partial charge in [0.2, 0.25) is 0 Å². The van der Waals surface area contributed by atoms with E-state index in [2.05, 4.69) is 4.98 Å². The Morgan fingerprint density at radius 2 is 1.69 bits per heavy atom. The van der Waals surface area contributed by atoms with E-state index in [1.807, 2.05) is 54.6 Å². The number of carbonyl (C=O) groups is 2. The molecule has 0 bridgehead atoms. The van der Waals surface area contributed by atoms with Crippen LogP contribution in [0.3, 0.4) is 0 Å². The molecule has 1 aliphatic rings. The van der Waals surface area contributed by atoms with E-state index in [-0.39, 0.29) is 18.4 Å². The molecule has 0 unspecified atom stereocenters. The van der Waals surface area contributed by atoms with Crippen LogP contribution < -0.4 is 0 Å². The number of morpholine rings is 1. The lowest BCUT2D eigenvalue weighted by Gasteiger charge is -2.43. The first-order chi connectivity index (χ1) is 15.5. The summed E-state index contributed by atoms with van der Waals surface area (Å²) in [6.45, 7) is 0.945. The summed E-state index contributed by atoms with van der Waals surface area (Å²) in [6, 6.07) is 21.1. The van der Waals surface area contributed by atoms with E-state index in [1.54, 1.807) is 48.4 Å². The topological polar surface area (TPSA) is 62.7 Å². The minimum atomic E-state index is -1.16. The maximum absolute atomic E-state index is 13.4. The Labute approximate surface area is 188 Å². The zero-order chi connectivity index (χ0) is 22.6. The average molecular weight is 430 g/mol. The predicted molar refractivity (Wildman–Crippen MR) is 123 cm³/mol. The number of rotatable bonds is 5. The van der Waals surface area contributed by atoms with E-state index >= 15 is 0 Å². The van der Waals surface area contributed by atoms with Gasteiger partial charge >= 0.3 is 0 Å². The summed E-state index contributed by atoms with van der Waals surface area (Å²) in [5.74, 6) is -0.236. The lowest BCUT2D eigenvalue weighted by Crippen LogP contribution is -2.61. The first-order valence-corrected chi connectivity index (χ1v) is 10.7. The number of aromatic nitrogens is 1. The normalized spacial score (nSPS) is 18.2. The Kier molecular flexibility index (Phi) is 6.32. The van der Waals surface area contributed by atoms with Crippen LogP contribution in [0.2, 0.25) is 0 Å². The highest BCUT2D eigenvalue weighted by Crippen LogP contribution is 2.31. The van der Waals surface area contributed by atoms with Crippen molar-refractivity contribution in [1.29, 1.82) is 0 Å². The van der Waals surface area contributed by atoms with Crippen molar-refractivity contribution in [3.8, 4) is 11.1 Å². The summed E-state index contributed by atoms with van der Waals surface area (Å²) in [5.41, 5.74) is 2.49. The second kappa shape index (κ2) is 9.32. The van der Waals surface area contributed by atoms with Crippen LogP contribution >= 0.6 is 0 Å². The highest BCUT2D eigenvalue weighted by Gasteiger charge is 2.46. The number of benzene rings is 2. The number of carbonyl (C=O) groups excluding carboxylic acids is 2. The van der Waals surface area contributed by atoms with Crippen molar-refractivity contribution in [2.45, 2.75) is 12.0 Å². The van der Waals surface area contributed by atoms with Gasteiger partial charge in [0.15, 0.2) is 5.60 Å². The monoisotopic (exact) mass is 429 g/mol. The van der Waals surface area contributed by atoms with E-state index in [4.69, 9.17) is 4.74 Å². The largest absolute Gasteiger partial charge is 0.361 e. The Bertz CT molecular complexity index is 1090. The third-order valence-corrected chi connectivity index (χ3v) is 5.77. The van der Waals surface area contributed by atoms with E-state index < -0.39 is 5.60 Å². The first-order valence-electron chi connectivity index (χ1n) is 10.7. The molecule has 2 aromatic carbocycles. The smallest absolute Gasteiger partial charge is 0.256 e. The molecule has 0 saturated carbocycles. The highest BCUT2D eigenvalue weighted by atomic mass is 16.5. The van der Waals surface area contributed by atoms with Crippen LogP contribution in [-0.4, -0.2) is 66.0 Å². The average Bonchev–Trinajstić information content (AvgIpc) is 2.84. The Morgan fingerprint density at radius 1 is 1.00 bits per heavy atom. The molecule has 1 atom stereocenters. The molecule has 2 amide bonds. The van der Waals surface area contributed by atoms with Crippen LogP contribution in [0.4, 0.5) is 0 Å². The number of hydrogen-bond acceptors (Lipinski definition) is 4. The van der Waals surface area contributed by atoms with Crippen LogP contribution in [0.5, 0.6) is 0 Å². The third-order valence-electron chi connectivity index (χ3n) is 5.77.